The van der Waals surface area contributed by atoms with Crippen molar-refractivity contribution in [2.24, 2.45) is 0 Å². The summed E-state index contributed by atoms with van der Waals surface area (Å²) >= 11 is 0. The number of nitrogens with zero attached hydrogens (tertiary/aromatic N) is 4. The van der Waals surface area contributed by atoms with Gasteiger partial charge in [-0.2, -0.15) is 0 Å². The molecule has 4 atom stereocenters. The molecular weight excluding hydrogens is 458 g/mol. The molecule has 7 rings (SSSR count). The molecule has 1 saturated heterocycles. The summed E-state index contributed by atoms with van der Waals surface area (Å²) in [6, 6.07) is 19.0. The SMILES string of the molecule is Nc1ncnc2c1ncn2[C@@H]1O[C@H](CO)[C@@H](O)[C@H]1OCc1ccc2ccc3cccc4ccc1c2c34. The Morgan fingerprint density at radius 2 is 1.69 bits per heavy atom. The second-order valence-electron chi connectivity index (χ2n) is 9.18. The third-order valence-corrected chi connectivity index (χ3v) is 7.20. The van der Waals surface area contributed by atoms with E-state index in [9.17, 15) is 10.2 Å². The van der Waals surface area contributed by atoms with Crippen LogP contribution in [0, 0.1) is 0 Å². The maximum Gasteiger partial charge on any atom is 0.167 e. The van der Waals surface area contributed by atoms with E-state index in [2.05, 4.69) is 69.5 Å². The van der Waals surface area contributed by atoms with Gasteiger partial charge in [0.25, 0.3) is 0 Å². The second kappa shape index (κ2) is 8.07. The van der Waals surface area contributed by atoms with Gasteiger partial charge in [0.2, 0.25) is 0 Å². The number of hydrogen-bond donors (Lipinski definition) is 3. The summed E-state index contributed by atoms with van der Waals surface area (Å²) < 4.78 is 14.0. The summed E-state index contributed by atoms with van der Waals surface area (Å²) in [5.41, 5.74) is 7.85. The molecule has 0 aliphatic carbocycles. The predicted octanol–water partition coefficient (Wildman–Crippen LogP) is 3.14. The van der Waals surface area contributed by atoms with Gasteiger partial charge in [0.1, 0.15) is 30.2 Å². The Labute approximate surface area is 205 Å². The Morgan fingerprint density at radius 1 is 0.944 bits per heavy atom. The van der Waals surface area contributed by atoms with Gasteiger partial charge in [0, 0.05) is 0 Å². The predicted molar refractivity (Wildman–Crippen MR) is 135 cm³/mol. The molecular formula is C27H23N5O4. The highest BCUT2D eigenvalue weighted by Crippen LogP contribution is 2.38. The van der Waals surface area contributed by atoms with Gasteiger partial charge < -0.3 is 25.4 Å². The Bertz CT molecular complexity index is 1720. The lowest BCUT2D eigenvalue weighted by Crippen LogP contribution is -2.35. The fourth-order valence-corrected chi connectivity index (χ4v) is 5.44. The maximum atomic E-state index is 11.0. The van der Waals surface area contributed by atoms with Crippen LogP contribution in [0.3, 0.4) is 0 Å². The minimum Gasteiger partial charge on any atom is -0.394 e. The van der Waals surface area contributed by atoms with Crippen molar-refractivity contribution in [1.82, 2.24) is 19.5 Å². The van der Waals surface area contributed by atoms with Crippen molar-refractivity contribution in [3.63, 3.8) is 0 Å². The van der Waals surface area contributed by atoms with Crippen LogP contribution in [0.5, 0.6) is 0 Å². The van der Waals surface area contributed by atoms with Crippen molar-refractivity contribution in [3.05, 3.63) is 72.8 Å². The Balaban J connectivity index is 1.27. The molecule has 3 heterocycles. The van der Waals surface area contributed by atoms with Crippen molar-refractivity contribution < 1.29 is 19.7 Å². The summed E-state index contributed by atoms with van der Waals surface area (Å²) in [6.07, 6.45) is -0.481. The largest absolute Gasteiger partial charge is 0.394 e. The summed E-state index contributed by atoms with van der Waals surface area (Å²) in [7, 11) is 0. The molecule has 0 amide bonds. The highest BCUT2D eigenvalue weighted by atomic mass is 16.6. The van der Waals surface area contributed by atoms with Crippen molar-refractivity contribution in [3.8, 4) is 0 Å². The molecule has 1 aliphatic rings. The summed E-state index contributed by atoms with van der Waals surface area (Å²) in [4.78, 5) is 12.6. The minimum atomic E-state index is -1.04. The molecule has 9 heteroatoms. The first kappa shape index (κ1) is 21.4. The zero-order valence-corrected chi connectivity index (χ0v) is 19.2. The first-order valence-corrected chi connectivity index (χ1v) is 11.8. The normalized spacial score (nSPS) is 22.5. The number of fused-ring (bicyclic) bond motifs is 1. The van der Waals surface area contributed by atoms with E-state index in [0.717, 1.165) is 10.9 Å². The highest BCUT2D eigenvalue weighted by molar-refractivity contribution is 6.23. The molecule has 0 unspecified atom stereocenters. The van der Waals surface area contributed by atoms with E-state index in [1.165, 1.54) is 33.3 Å². The third-order valence-electron chi connectivity index (χ3n) is 7.20. The van der Waals surface area contributed by atoms with Crippen LogP contribution >= 0.6 is 0 Å². The van der Waals surface area contributed by atoms with Gasteiger partial charge in [-0.05, 0) is 37.9 Å². The Hall–Kier alpha value is -3.89. The number of aliphatic hydroxyl groups is 2. The number of anilines is 1. The molecule has 0 radical (unpaired) electrons. The lowest BCUT2D eigenvalue weighted by Gasteiger charge is -2.23. The number of rotatable bonds is 5. The van der Waals surface area contributed by atoms with E-state index in [1.807, 2.05) is 0 Å². The van der Waals surface area contributed by atoms with E-state index in [-0.39, 0.29) is 19.0 Å². The number of aromatic nitrogens is 4. The number of aliphatic hydroxyl groups excluding tert-OH is 2. The molecule has 1 fully saturated rings. The van der Waals surface area contributed by atoms with Crippen LogP contribution in [0.4, 0.5) is 5.82 Å². The number of ether oxygens (including phenoxy) is 2. The van der Waals surface area contributed by atoms with Crippen molar-refractivity contribution in [2.75, 3.05) is 12.3 Å². The van der Waals surface area contributed by atoms with Gasteiger partial charge in [-0.25, -0.2) is 15.0 Å². The van der Waals surface area contributed by atoms with Crippen LogP contribution in [0.2, 0.25) is 0 Å². The van der Waals surface area contributed by atoms with E-state index >= 15 is 0 Å². The summed E-state index contributed by atoms with van der Waals surface area (Å²) in [5.74, 6) is 0.252. The molecule has 36 heavy (non-hydrogen) atoms. The van der Waals surface area contributed by atoms with Crippen LogP contribution in [-0.2, 0) is 16.1 Å². The van der Waals surface area contributed by atoms with E-state index < -0.39 is 24.5 Å². The second-order valence-corrected chi connectivity index (χ2v) is 9.18. The first-order valence-electron chi connectivity index (χ1n) is 11.8. The molecule has 0 spiro atoms. The average Bonchev–Trinajstić information content (AvgIpc) is 3.47. The van der Waals surface area contributed by atoms with Gasteiger partial charge in [-0.1, -0.05) is 54.6 Å². The van der Waals surface area contributed by atoms with Gasteiger partial charge in [0.15, 0.2) is 17.7 Å². The highest BCUT2D eigenvalue weighted by Gasteiger charge is 2.46. The number of benzene rings is 4. The minimum absolute atomic E-state index is 0.248. The van der Waals surface area contributed by atoms with Crippen molar-refractivity contribution in [2.45, 2.75) is 31.1 Å². The molecule has 1 aliphatic heterocycles. The molecule has 0 saturated carbocycles. The summed E-state index contributed by atoms with van der Waals surface area (Å²) in [5, 5.41) is 27.9. The third kappa shape index (κ3) is 3.07. The Kier molecular flexibility index (Phi) is 4.80. The van der Waals surface area contributed by atoms with Crippen LogP contribution in [0.1, 0.15) is 11.8 Å². The maximum absolute atomic E-state index is 11.0. The number of nitrogen functional groups attached to an aromatic ring is 1. The van der Waals surface area contributed by atoms with E-state index in [0.29, 0.717) is 11.2 Å². The fourth-order valence-electron chi connectivity index (χ4n) is 5.44. The zero-order valence-electron chi connectivity index (χ0n) is 19.2. The monoisotopic (exact) mass is 481 g/mol. The van der Waals surface area contributed by atoms with Crippen molar-refractivity contribution >= 4 is 49.3 Å². The number of nitrogens with two attached hydrogens (primary N) is 1. The average molecular weight is 482 g/mol. The summed E-state index contributed by atoms with van der Waals surface area (Å²) in [6.45, 7) is -0.0995. The topological polar surface area (TPSA) is 129 Å². The zero-order chi connectivity index (χ0) is 24.4. The van der Waals surface area contributed by atoms with E-state index in [4.69, 9.17) is 15.2 Å². The van der Waals surface area contributed by atoms with Crippen LogP contribution in [0.15, 0.2) is 67.3 Å². The number of hydrogen-bond acceptors (Lipinski definition) is 8. The van der Waals surface area contributed by atoms with Gasteiger partial charge in [0.05, 0.1) is 19.5 Å². The Morgan fingerprint density at radius 3 is 2.50 bits per heavy atom. The molecule has 4 N–H and O–H groups in total. The molecule has 2 aromatic heterocycles. The first-order chi connectivity index (χ1) is 17.6. The van der Waals surface area contributed by atoms with Crippen LogP contribution in [0.25, 0.3) is 43.5 Å². The standard InChI is InChI=1S/C27H23N5O4/c28-25-22-26(30-12-29-25)32(13-31-22)27-24(23(34)19(10-33)36-27)35-11-17-7-6-16-5-4-14-2-1-3-15-8-9-18(17)21(16)20(14)15/h1-9,12-13,19,23-24,27,33-34H,10-11H2,(H2,28,29,30)/t19-,23-,24-,27-/m1/s1. The van der Waals surface area contributed by atoms with E-state index in [1.54, 1.807) is 10.9 Å². The van der Waals surface area contributed by atoms with Gasteiger partial charge >= 0.3 is 0 Å². The molecule has 9 nitrogen and oxygen atoms in total. The molecule has 0 bridgehead atoms. The smallest absolute Gasteiger partial charge is 0.167 e. The fraction of sp³-hybridized carbons (Fsp3) is 0.222. The van der Waals surface area contributed by atoms with Crippen molar-refractivity contribution in [1.29, 1.82) is 0 Å². The molecule has 6 aromatic rings. The lowest BCUT2D eigenvalue weighted by atomic mass is 9.92. The number of imidazole rings is 1. The molecule has 4 aromatic carbocycles. The van der Waals surface area contributed by atoms with Gasteiger partial charge in [-0.3, -0.25) is 4.57 Å². The molecule has 180 valence electrons. The quantitative estimate of drug-likeness (QED) is 0.320. The lowest BCUT2D eigenvalue weighted by molar-refractivity contribution is -0.0758. The van der Waals surface area contributed by atoms with Crippen LogP contribution < -0.4 is 5.73 Å². The van der Waals surface area contributed by atoms with Crippen LogP contribution in [-0.4, -0.2) is 54.7 Å². The van der Waals surface area contributed by atoms with Gasteiger partial charge in [-0.15, -0.1) is 0 Å².